The van der Waals surface area contributed by atoms with Crippen LogP contribution in [0, 0.1) is 0 Å². The van der Waals surface area contributed by atoms with Crippen LogP contribution in [-0.2, 0) is 28.5 Å². The second-order valence-corrected chi connectivity index (χ2v) is 5.38. The first-order chi connectivity index (χ1) is 10.8. The van der Waals surface area contributed by atoms with Gasteiger partial charge in [-0.2, -0.15) is 0 Å². The topological polar surface area (TPSA) is 71.1 Å². The Bertz CT molecular complexity index is 669. The number of rotatable bonds is 4. The third-order valence-electron chi connectivity index (χ3n) is 3.41. The van der Waals surface area contributed by atoms with Crippen molar-refractivity contribution in [1.82, 2.24) is 0 Å². The number of fused-ring (bicyclic) bond motifs is 1. The second kappa shape index (κ2) is 6.60. The van der Waals surface area contributed by atoms with Crippen molar-refractivity contribution in [3.8, 4) is 0 Å². The van der Waals surface area contributed by atoms with Gasteiger partial charge in [-0.3, -0.25) is 9.59 Å². The molecular formula is C16H17ClO6. The van der Waals surface area contributed by atoms with Crippen LogP contribution in [0.2, 0.25) is 5.02 Å². The van der Waals surface area contributed by atoms with E-state index in [0.29, 0.717) is 16.1 Å². The van der Waals surface area contributed by atoms with Crippen LogP contribution in [0.5, 0.6) is 0 Å². The minimum Gasteiger partial charge on any atom is -0.494 e. The molecule has 1 aromatic rings. The summed E-state index contributed by atoms with van der Waals surface area (Å²) in [7, 11) is 2.75. The van der Waals surface area contributed by atoms with E-state index in [4.69, 9.17) is 30.5 Å². The van der Waals surface area contributed by atoms with Gasteiger partial charge < -0.3 is 18.9 Å². The molecule has 2 atom stereocenters. The van der Waals surface area contributed by atoms with Crippen molar-refractivity contribution in [2.75, 3.05) is 14.2 Å². The highest BCUT2D eigenvalue weighted by Crippen LogP contribution is 2.46. The Morgan fingerprint density at radius 2 is 1.87 bits per heavy atom. The third-order valence-corrected chi connectivity index (χ3v) is 3.64. The quantitative estimate of drug-likeness (QED) is 0.620. The Balaban J connectivity index is 2.69. The summed E-state index contributed by atoms with van der Waals surface area (Å²) in [4.78, 5) is 23.2. The van der Waals surface area contributed by atoms with Crippen LogP contribution < -0.4 is 0 Å². The maximum absolute atomic E-state index is 11.6. The smallest absolute Gasteiger partial charge is 0.313 e. The van der Waals surface area contributed by atoms with Crippen molar-refractivity contribution in [3.63, 3.8) is 0 Å². The summed E-state index contributed by atoms with van der Waals surface area (Å²) < 4.78 is 21.5. The van der Waals surface area contributed by atoms with Gasteiger partial charge in [0.1, 0.15) is 0 Å². The number of halogens is 1. The highest BCUT2D eigenvalue weighted by atomic mass is 35.5. The molecule has 0 amide bonds. The normalized spacial score (nSPS) is 22.7. The molecule has 2 rings (SSSR count). The molecule has 0 aliphatic heterocycles. The number of hydrogen-bond donors (Lipinski definition) is 0. The molecule has 23 heavy (non-hydrogen) atoms. The van der Waals surface area contributed by atoms with E-state index < -0.39 is 23.8 Å². The molecular weight excluding hydrogens is 324 g/mol. The van der Waals surface area contributed by atoms with Crippen molar-refractivity contribution >= 4 is 29.6 Å². The van der Waals surface area contributed by atoms with Crippen molar-refractivity contribution in [2.24, 2.45) is 0 Å². The molecule has 0 bridgehead atoms. The lowest BCUT2D eigenvalue weighted by Crippen LogP contribution is -2.48. The zero-order valence-electron chi connectivity index (χ0n) is 13.2. The molecule has 1 aliphatic rings. The molecule has 124 valence electrons. The van der Waals surface area contributed by atoms with E-state index in [2.05, 4.69) is 0 Å². The van der Waals surface area contributed by atoms with E-state index in [1.54, 1.807) is 24.3 Å². The number of carbonyl (C=O) groups is 2. The van der Waals surface area contributed by atoms with Crippen LogP contribution >= 0.6 is 11.6 Å². The largest absolute Gasteiger partial charge is 0.494 e. The van der Waals surface area contributed by atoms with Crippen LogP contribution in [-0.4, -0.2) is 31.9 Å². The molecule has 0 spiro atoms. The van der Waals surface area contributed by atoms with Gasteiger partial charge in [0.25, 0.3) is 0 Å². The molecule has 0 N–H and O–H groups in total. The maximum atomic E-state index is 11.6. The molecule has 6 nitrogen and oxygen atoms in total. The SMILES string of the molecule is COC1=Cc2cc(Cl)ccc2C(OC(C)=O)C1(OC)OC(C)=O. The molecule has 1 aromatic carbocycles. The standard InChI is InChI=1S/C16H17ClO6/c1-9(18)22-15-13-6-5-12(17)7-11(13)8-14(20-3)16(15,21-4)23-10(2)19/h5-8,15H,1-4H3. The molecule has 0 saturated heterocycles. The van der Waals surface area contributed by atoms with E-state index in [1.807, 2.05) is 0 Å². The lowest BCUT2D eigenvalue weighted by atomic mass is 9.88. The van der Waals surface area contributed by atoms with E-state index in [1.165, 1.54) is 28.1 Å². The second-order valence-electron chi connectivity index (χ2n) is 4.94. The van der Waals surface area contributed by atoms with E-state index >= 15 is 0 Å². The average molecular weight is 341 g/mol. The van der Waals surface area contributed by atoms with E-state index in [9.17, 15) is 9.59 Å². The number of esters is 2. The van der Waals surface area contributed by atoms with E-state index in [-0.39, 0.29) is 5.76 Å². The van der Waals surface area contributed by atoms with Crippen molar-refractivity contribution in [3.05, 3.63) is 40.1 Å². The summed E-state index contributed by atoms with van der Waals surface area (Å²) in [6.07, 6.45) is 0.606. The highest BCUT2D eigenvalue weighted by Gasteiger charge is 2.53. The van der Waals surface area contributed by atoms with Gasteiger partial charge in [-0.25, -0.2) is 0 Å². The molecule has 1 aliphatic carbocycles. The molecule has 0 radical (unpaired) electrons. The number of hydrogen-bond acceptors (Lipinski definition) is 6. The summed E-state index contributed by atoms with van der Waals surface area (Å²) in [5, 5.41) is 0.509. The van der Waals surface area contributed by atoms with Gasteiger partial charge in [-0.1, -0.05) is 17.7 Å². The van der Waals surface area contributed by atoms with Crippen LogP contribution in [0.4, 0.5) is 0 Å². The van der Waals surface area contributed by atoms with Gasteiger partial charge in [0.2, 0.25) is 6.10 Å². The van der Waals surface area contributed by atoms with Gasteiger partial charge >= 0.3 is 17.7 Å². The molecule has 0 fully saturated rings. The lowest BCUT2D eigenvalue weighted by Gasteiger charge is -2.41. The van der Waals surface area contributed by atoms with Crippen molar-refractivity contribution in [1.29, 1.82) is 0 Å². The summed E-state index contributed by atoms with van der Waals surface area (Å²) in [5.74, 6) is -2.67. The fraction of sp³-hybridized carbons (Fsp3) is 0.375. The first-order valence-corrected chi connectivity index (χ1v) is 7.19. The Kier molecular flexibility index (Phi) is 4.97. The highest BCUT2D eigenvalue weighted by molar-refractivity contribution is 6.30. The number of benzene rings is 1. The summed E-state index contributed by atoms with van der Waals surface area (Å²) >= 11 is 6.02. The molecule has 2 unspecified atom stereocenters. The van der Waals surface area contributed by atoms with Crippen molar-refractivity contribution in [2.45, 2.75) is 25.7 Å². The monoisotopic (exact) mass is 340 g/mol. The minimum atomic E-state index is -1.70. The maximum Gasteiger partial charge on any atom is 0.313 e. The minimum absolute atomic E-state index is 0.191. The predicted molar refractivity (Wildman–Crippen MR) is 82.5 cm³/mol. The van der Waals surface area contributed by atoms with Gasteiger partial charge in [0.15, 0.2) is 5.76 Å². The average Bonchev–Trinajstić information content (AvgIpc) is 2.48. The molecule has 0 heterocycles. The summed E-state index contributed by atoms with van der Waals surface area (Å²) in [5.41, 5.74) is 1.27. The molecule has 0 aromatic heterocycles. The molecule has 7 heteroatoms. The lowest BCUT2D eigenvalue weighted by molar-refractivity contribution is -0.261. The van der Waals surface area contributed by atoms with Gasteiger partial charge in [0, 0.05) is 31.5 Å². The number of carbonyl (C=O) groups excluding carboxylic acids is 2. The Hall–Kier alpha value is -2.05. The molecule has 0 saturated carbocycles. The zero-order valence-corrected chi connectivity index (χ0v) is 14.0. The van der Waals surface area contributed by atoms with Gasteiger partial charge in [0.05, 0.1) is 7.11 Å². The predicted octanol–water partition coefficient (Wildman–Crippen LogP) is 2.85. The van der Waals surface area contributed by atoms with Crippen LogP contribution in [0.25, 0.3) is 6.08 Å². The van der Waals surface area contributed by atoms with Gasteiger partial charge in [-0.05, 0) is 23.8 Å². The van der Waals surface area contributed by atoms with Gasteiger partial charge in [-0.15, -0.1) is 0 Å². The summed E-state index contributed by atoms with van der Waals surface area (Å²) in [6.45, 7) is 2.49. The first kappa shape index (κ1) is 17.3. The fourth-order valence-electron chi connectivity index (χ4n) is 2.56. The van der Waals surface area contributed by atoms with Crippen molar-refractivity contribution < 1.29 is 28.5 Å². The zero-order chi connectivity index (χ0) is 17.2. The number of ether oxygens (including phenoxy) is 4. The van der Waals surface area contributed by atoms with Crippen LogP contribution in [0.15, 0.2) is 24.0 Å². The van der Waals surface area contributed by atoms with E-state index in [0.717, 1.165) is 0 Å². The van der Waals surface area contributed by atoms with Crippen LogP contribution in [0.3, 0.4) is 0 Å². The Morgan fingerprint density at radius 1 is 1.17 bits per heavy atom. The summed E-state index contributed by atoms with van der Waals surface area (Å²) in [6, 6.07) is 5.03. The fourth-order valence-corrected chi connectivity index (χ4v) is 2.74. The Labute approximate surface area is 138 Å². The third kappa shape index (κ3) is 3.18. The Morgan fingerprint density at radius 3 is 2.39 bits per heavy atom. The van der Waals surface area contributed by atoms with Crippen LogP contribution in [0.1, 0.15) is 31.1 Å². The first-order valence-electron chi connectivity index (χ1n) is 6.81. The number of methoxy groups -OCH3 is 2.